The lowest BCUT2D eigenvalue weighted by atomic mass is 10.1. The van der Waals surface area contributed by atoms with Crippen molar-refractivity contribution in [3.8, 4) is 0 Å². The Balaban J connectivity index is 2.33. The average Bonchev–Trinajstić information content (AvgIpc) is 2.56. The second kappa shape index (κ2) is 7.33. The largest absolute Gasteiger partial charge is 0.465 e. The molecule has 0 radical (unpaired) electrons. The van der Waals surface area contributed by atoms with Crippen LogP contribution in [0.1, 0.15) is 31.8 Å². The van der Waals surface area contributed by atoms with E-state index in [-0.39, 0.29) is 5.91 Å². The van der Waals surface area contributed by atoms with Gasteiger partial charge < -0.3 is 10.1 Å². The van der Waals surface area contributed by atoms with Crippen LogP contribution in [0.4, 0.5) is 5.69 Å². The number of hydrogen-bond donors (Lipinski definition) is 1. The molecule has 1 N–H and O–H groups in total. The van der Waals surface area contributed by atoms with Gasteiger partial charge in [-0.3, -0.25) is 4.79 Å². The summed E-state index contributed by atoms with van der Waals surface area (Å²) in [6.45, 7) is 3.68. The van der Waals surface area contributed by atoms with E-state index in [2.05, 4.69) is 5.32 Å². The maximum Gasteiger partial charge on any atom is 0.338 e. The van der Waals surface area contributed by atoms with Crippen molar-refractivity contribution in [3.05, 3.63) is 58.7 Å². The first kappa shape index (κ1) is 17.1. The number of methoxy groups -OCH3 is 1. The van der Waals surface area contributed by atoms with Crippen LogP contribution >= 0.6 is 11.8 Å². The lowest BCUT2D eigenvalue weighted by Crippen LogP contribution is -2.15. The van der Waals surface area contributed by atoms with E-state index >= 15 is 0 Å². The maximum atomic E-state index is 12.6. The van der Waals surface area contributed by atoms with Gasteiger partial charge in [-0.25, -0.2) is 4.79 Å². The number of carbonyl (C=O) groups is 2. The molecule has 0 aliphatic rings. The zero-order valence-corrected chi connectivity index (χ0v) is 14.4. The molecule has 0 aromatic heterocycles. The summed E-state index contributed by atoms with van der Waals surface area (Å²) in [5, 5.41) is 2.88. The Morgan fingerprint density at radius 2 is 1.83 bits per heavy atom. The fraction of sp³-hybridized carbons (Fsp3) is 0.222. The number of rotatable bonds is 4. The molecule has 5 heteroatoms. The third kappa shape index (κ3) is 3.74. The van der Waals surface area contributed by atoms with Gasteiger partial charge >= 0.3 is 5.97 Å². The lowest BCUT2D eigenvalue weighted by molar-refractivity contribution is 0.0599. The Hall–Kier alpha value is -2.27. The molecule has 0 atom stereocenters. The normalized spacial score (nSPS) is 10.3. The maximum absolute atomic E-state index is 12.6. The Labute approximate surface area is 140 Å². The van der Waals surface area contributed by atoms with Crippen LogP contribution in [0.15, 0.2) is 41.3 Å². The van der Waals surface area contributed by atoms with E-state index in [1.165, 1.54) is 7.11 Å². The van der Waals surface area contributed by atoms with Crippen molar-refractivity contribution in [2.24, 2.45) is 0 Å². The van der Waals surface area contributed by atoms with Gasteiger partial charge in [-0.15, -0.1) is 11.8 Å². The van der Waals surface area contributed by atoms with Crippen LogP contribution in [-0.2, 0) is 4.74 Å². The molecule has 0 spiro atoms. The number of hydrogen-bond acceptors (Lipinski definition) is 4. The molecule has 0 heterocycles. The molecule has 0 saturated heterocycles. The smallest absolute Gasteiger partial charge is 0.338 e. The number of ether oxygens (including phenoxy) is 1. The van der Waals surface area contributed by atoms with E-state index in [4.69, 9.17) is 4.74 Å². The zero-order valence-electron chi connectivity index (χ0n) is 13.6. The summed E-state index contributed by atoms with van der Waals surface area (Å²) in [5.41, 5.74) is 3.26. The molecule has 1 amide bonds. The molecule has 4 nitrogen and oxygen atoms in total. The quantitative estimate of drug-likeness (QED) is 0.679. The van der Waals surface area contributed by atoms with Crippen LogP contribution < -0.4 is 5.32 Å². The van der Waals surface area contributed by atoms with Gasteiger partial charge in [0.25, 0.3) is 5.91 Å². The van der Waals surface area contributed by atoms with Gasteiger partial charge in [0.15, 0.2) is 0 Å². The predicted octanol–water partition coefficient (Wildman–Crippen LogP) is 4.06. The van der Waals surface area contributed by atoms with Gasteiger partial charge in [0.2, 0.25) is 0 Å². The molecule has 0 aliphatic carbocycles. The Morgan fingerprint density at radius 3 is 2.48 bits per heavy atom. The Kier molecular flexibility index (Phi) is 5.45. The highest BCUT2D eigenvalue weighted by atomic mass is 32.2. The fourth-order valence-electron chi connectivity index (χ4n) is 2.26. The number of aryl methyl sites for hydroxylation is 1. The minimum absolute atomic E-state index is 0.191. The number of amides is 1. The highest BCUT2D eigenvalue weighted by Crippen LogP contribution is 2.23. The van der Waals surface area contributed by atoms with E-state index in [9.17, 15) is 9.59 Å². The third-order valence-electron chi connectivity index (χ3n) is 3.68. The van der Waals surface area contributed by atoms with E-state index in [1.807, 2.05) is 31.4 Å². The van der Waals surface area contributed by atoms with Gasteiger partial charge in [0.1, 0.15) is 0 Å². The highest BCUT2D eigenvalue weighted by molar-refractivity contribution is 7.98. The summed E-state index contributed by atoms with van der Waals surface area (Å²) in [7, 11) is 1.34. The van der Waals surface area contributed by atoms with Gasteiger partial charge in [0, 0.05) is 16.1 Å². The second-order valence-corrected chi connectivity index (χ2v) is 5.98. The van der Waals surface area contributed by atoms with E-state index < -0.39 is 5.97 Å². The number of nitrogens with one attached hydrogen (secondary N) is 1. The van der Waals surface area contributed by atoms with Crippen LogP contribution in [0.2, 0.25) is 0 Å². The molecule has 0 aliphatic heterocycles. The molecule has 23 heavy (non-hydrogen) atoms. The molecule has 2 rings (SSSR count). The van der Waals surface area contributed by atoms with E-state index in [0.717, 1.165) is 10.5 Å². The Morgan fingerprint density at radius 1 is 1.09 bits per heavy atom. The number of anilines is 1. The van der Waals surface area contributed by atoms with Crippen LogP contribution in [0, 0.1) is 13.8 Å². The summed E-state index contributed by atoms with van der Waals surface area (Å²) >= 11 is 1.59. The molecule has 0 bridgehead atoms. The molecular formula is C18H19NO3S. The van der Waals surface area contributed by atoms with Crippen molar-refractivity contribution in [3.63, 3.8) is 0 Å². The van der Waals surface area contributed by atoms with Gasteiger partial charge in [0.05, 0.1) is 12.7 Å². The van der Waals surface area contributed by atoms with Crippen molar-refractivity contribution in [1.82, 2.24) is 0 Å². The number of benzene rings is 2. The van der Waals surface area contributed by atoms with Crippen LogP contribution in [0.25, 0.3) is 0 Å². The molecule has 0 unspecified atom stereocenters. The lowest BCUT2D eigenvalue weighted by Gasteiger charge is -2.13. The van der Waals surface area contributed by atoms with Crippen molar-refractivity contribution in [2.75, 3.05) is 18.7 Å². The summed E-state index contributed by atoms with van der Waals surface area (Å²) in [5.74, 6) is -0.609. The monoisotopic (exact) mass is 329 g/mol. The van der Waals surface area contributed by atoms with Crippen LogP contribution in [0.3, 0.4) is 0 Å². The SMILES string of the molecule is COC(=O)c1cccc(NC(=O)c2cc(SC)ccc2C)c1C. The number of esters is 1. The van der Waals surface area contributed by atoms with E-state index in [1.54, 1.807) is 36.9 Å². The Bertz CT molecular complexity index is 756. The minimum Gasteiger partial charge on any atom is -0.465 e. The summed E-state index contributed by atoms with van der Waals surface area (Å²) in [6.07, 6.45) is 1.97. The van der Waals surface area contributed by atoms with E-state index in [0.29, 0.717) is 22.4 Å². The third-order valence-corrected chi connectivity index (χ3v) is 4.40. The first-order valence-corrected chi connectivity index (χ1v) is 8.34. The second-order valence-electron chi connectivity index (χ2n) is 5.10. The van der Waals surface area contributed by atoms with Crippen molar-refractivity contribution < 1.29 is 14.3 Å². The molecule has 120 valence electrons. The van der Waals surface area contributed by atoms with Crippen molar-refractivity contribution >= 4 is 29.3 Å². The summed E-state index contributed by atoms with van der Waals surface area (Å²) < 4.78 is 4.76. The van der Waals surface area contributed by atoms with Gasteiger partial charge in [-0.2, -0.15) is 0 Å². The summed E-state index contributed by atoms with van der Waals surface area (Å²) in [4.78, 5) is 25.3. The molecule has 2 aromatic rings. The average molecular weight is 329 g/mol. The first-order valence-electron chi connectivity index (χ1n) is 7.12. The molecular weight excluding hydrogens is 310 g/mol. The first-order chi connectivity index (χ1) is 11.0. The summed E-state index contributed by atoms with van der Waals surface area (Å²) in [6, 6.07) is 11.0. The molecule has 0 fully saturated rings. The fourth-order valence-corrected chi connectivity index (χ4v) is 2.70. The van der Waals surface area contributed by atoms with Crippen molar-refractivity contribution in [1.29, 1.82) is 0 Å². The topological polar surface area (TPSA) is 55.4 Å². The molecule has 2 aromatic carbocycles. The standard InChI is InChI=1S/C18H19NO3S/c1-11-8-9-13(23-4)10-15(11)17(20)19-16-7-5-6-14(12(16)2)18(21)22-3/h5-10H,1-4H3,(H,19,20). The predicted molar refractivity (Wildman–Crippen MR) is 93.4 cm³/mol. The van der Waals surface area contributed by atoms with Crippen LogP contribution in [-0.4, -0.2) is 25.2 Å². The molecule has 0 saturated carbocycles. The zero-order chi connectivity index (χ0) is 17.0. The van der Waals surface area contributed by atoms with Gasteiger partial charge in [-0.05, 0) is 55.5 Å². The van der Waals surface area contributed by atoms with Crippen LogP contribution in [0.5, 0.6) is 0 Å². The minimum atomic E-state index is -0.417. The van der Waals surface area contributed by atoms with Crippen molar-refractivity contribution in [2.45, 2.75) is 18.7 Å². The van der Waals surface area contributed by atoms with Gasteiger partial charge in [-0.1, -0.05) is 12.1 Å². The highest BCUT2D eigenvalue weighted by Gasteiger charge is 2.15. The number of thioether (sulfide) groups is 1. The number of carbonyl (C=O) groups excluding carboxylic acids is 2.